The van der Waals surface area contributed by atoms with Gasteiger partial charge in [0.15, 0.2) is 26.5 Å². The highest BCUT2D eigenvalue weighted by Crippen LogP contribution is 2.35. The van der Waals surface area contributed by atoms with Gasteiger partial charge in [-0.2, -0.15) is 0 Å². The smallest absolute Gasteiger partial charge is 0.473 e. The predicted molar refractivity (Wildman–Crippen MR) is 130 cm³/mol. The van der Waals surface area contributed by atoms with Gasteiger partial charge in [0.25, 0.3) is 5.91 Å². The highest BCUT2D eigenvalue weighted by atomic mass is 32.2. The highest BCUT2D eigenvalue weighted by Gasteiger charge is 2.37. The lowest BCUT2D eigenvalue weighted by atomic mass is 10.1. The molecule has 1 aliphatic carbocycles. The molecule has 1 aliphatic rings. The zero-order chi connectivity index (χ0) is 26.7. The third kappa shape index (κ3) is 6.23. The number of carbonyl (C=O) groups excluding carboxylic acids is 2. The van der Waals surface area contributed by atoms with Gasteiger partial charge in [-0.3, -0.25) is 10.1 Å². The van der Waals surface area contributed by atoms with Crippen molar-refractivity contribution in [1.29, 1.82) is 0 Å². The molecule has 13 heteroatoms. The molecule has 0 radical (unpaired) electrons. The van der Waals surface area contributed by atoms with Gasteiger partial charge in [0.05, 0.1) is 22.4 Å². The van der Waals surface area contributed by atoms with E-state index >= 15 is 0 Å². The zero-order valence-corrected chi connectivity index (χ0v) is 21.3. The number of sulfone groups is 1. The Balaban J connectivity index is 1.60. The quantitative estimate of drug-likeness (QED) is 0.370. The number of aryl methyl sites for hydroxylation is 1. The van der Waals surface area contributed by atoms with Crippen molar-refractivity contribution in [2.24, 2.45) is 0 Å². The molecule has 1 amide bonds. The minimum absolute atomic E-state index is 0.0582. The van der Waals surface area contributed by atoms with Crippen LogP contribution in [0, 0.1) is 18.6 Å². The van der Waals surface area contributed by atoms with Gasteiger partial charge in [-0.05, 0) is 51.0 Å². The lowest BCUT2D eigenvalue weighted by Crippen LogP contribution is -2.26. The monoisotopic (exact) mass is 552 g/mol. The maximum Gasteiger partial charge on any atom is 0.514 e. The molecule has 3 aromatic rings. The van der Waals surface area contributed by atoms with E-state index in [2.05, 4.69) is 10.3 Å². The van der Waals surface area contributed by atoms with Crippen molar-refractivity contribution < 1.29 is 41.0 Å². The Morgan fingerprint density at radius 3 is 2.49 bits per heavy atom. The second-order valence-corrected chi connectivity index (χ2v) is 11.2. The number of rotatable bonds is 9. The number of ether oxygens (including phenoxy) is 3. The van der Waals surface area contributed by atoms with Crippen molar-refractivity contribution in [3.8, 4) is 10.8 Å². The first-order valence-corrected chi connectivity index (χ1v) is 13.5. The van der Waals surface area contributed by atoms with E-state index in [9.17, 15) is 26.8 Å². The molecule has 1 unspecified atom stereocenters. The fourth-order valence-corrected chi connectivity index (χ4v) is 5.77. The average molecular weight is 553 g/mol. The van der Waals surface area contributed by atoms with Gasteiger partial charge in [0.1, 0.15) is 5.82 Å². The number of aromatic nitrogens is 1. The largest absolute Gasteiger partial charge is 0.514 e. The molecule has 37 heavy (non-hydrogen) atoms. The number of nitrogens with zero attached hydrogens (tertiary/aromatic N) is 1. The fourth-order valence-electron chi connectivity index (χ4n) is 3.30. The van der Waals surface area contributed by atoms with Gasteiger partial charge < -0.3 is 14.2 Å². The number of halogens is 2. The molecule has 1 fully saturated rings. The number of carbonyl (C=O) groups is 2. The number of thiazole rings is 1. The first-order valence-electron chi connectivity index (χ1n) is 11.2. The second-order valence-electron chi connectivity index (χ2n) is 8.05. The normalized spacial score (nSPS) is 14.1. The molecule has 0 saturated heterocycles. The standard InChI is InChI=1S/C24H22F2N2O7S2/c1-3-33-24(30)35-22-13(2)27-23(36-22)28-21(29)20(34-19-11-6-15(25)12-18(19)26)14-4-7-16(8-5-14)37(31,32)17-9-10-17/h4-8,11-12,17,20H,3,9-10H2,1-2H3,(H,27,28,29). The minimum Gasteiger partial charge on any atom is -0.473 e. The van der Waals surface area contributed by atoms with Crippen LogP contribution in [0.2, 0.25) is 0 Å². The van der Waals surface area contributed by atoms with Crippen LogP contribution in [0.1, 0.15) is 37.1 Å². The summed E-state index contributed by atoms with van der Waals surface area (Å²) in [4.78, 5) is 29.1. The van der Waals surface area contributed by atoms with Crippen LogP contribution in [0.15, 0.2) is 47.4 Å². The topological polar surface area (TPSA) is 121 Å². The summed E-state index contributed by atoms with van der Waals surface area (Å²) in [6.07, 6.45) is -1.20. The molecule has 196 valence electrons. The van der Waals surface area contributed by atoms with Crippen LogP contribution >= 0.6 is 11.3 Å². The Labute approximate surface area is 215 Å². The van der Waals surface area contributed by atoms with Gasteiger partial charge in [0.2, 0.25) is 11.2 Å². The van der Waals surface area contributed by atoms with E-state index in [1.54, 1.807) is 13.8 Å². The maximum absolute atomic E-state index is 14.3. The Kier molecular flexibility index (Phi) is 7.73. The van der Waals surface area contributed by atoms with Crippen LogP contribution in [-0.4, -0.2) is 37.3 Å². The molecule has 2 aromatic carbocycles. The molecule has 0 spiro atoms. The fraction of sp³-hybridized carbons (Fsp3) is 0.292. The van der Waals surface area contributed by atoms with Crippen molar-refractivity contribution in [3.63, 3.8) is 0 Å². The first-order chi connectivity index (χ1) is 17.6. The molecule has 9 nitrogen and oxygen atoms in total. The number of amides is 1. The number of benzene rings is 2. The van der Waals surface area contributed by atoms with Crippen molar-refractivity contribution >= 4 is 38.4 Å². The molecule has 1 atom stereocenters. The summed E-state index contributed by atoms with van der Waals surface area (Å²) in [5.74, 6) is -3.02. The Morgan fingerprint density at radius 2 is 1.86 bits per heavy atom. The van der Waals surface area contributed by atoms with Gasteiger partial charge in [-0.25, -0.2) is 27.0 Å². The van der Waals surface area contributed by atoms with E-state index in [1.807, 2.05) is 0 Å². The summed E-state index contributed by atoms with van der Waals surface area (Å²) in [5.41, 5.74) is 0.525. The van der Waals surface area contributed by atoms with Crippen molar-refractivity contribution in [1.82, 2.24) is 4.98 Å². The third-order valence-electron chi connectivity index (χ3n) is 5.27. The lowest BCUT2D eigenvalue weighted by molar-refractivity contribution is -0.123. The SMILES string of the molecule is CCOC(=O)Oc1sc(NC(=O)C(Oc2ccc(F)cc2F)c2ccc(S(=O)(=O)C3CC3)cc2)nc1C. The van der Waals surface area contributed by atoms with Crippen molar-refractivity contribution in [2.75, 3.05) is 11.9 Å². The molecule has 1 aromatic heterocycles. The average Bonchev–Trinajstić information content (AvgIpc) is 3.65. The summed E-state index contributed by atoms with van der Waals surface area (Å²) in [5, 5.41) is 2.27. The van der Waals surface area contributed by atoms with Gasteiger partial charge in [-0.1, -0.05) is 23.5 Å². The molecule has 1 N–H and O–H groups in total. The van der Waals surface area contributed by atoms with Gasteiger partial charge in [-0.15, -0.1) is 0 Å². The molecule has 1 saturated carbocycles. The summed E-state index contributed by atoms with van der Waals surface area (Å²) in [7, 11) is -3.47. The molecule has 1 heterocycles. The van der Waals surface area contributed by atoms with Crippen LogP contribution in [0.4, 0.5) is 18.7 Å². The number of nitrogens with one attached hydrogen (secondary N) is 1. The number of anilines is 1. The second kappa shape index (κ2) is 10.8. The summed E-state index contributed by atoms with van der Waals surface area (Å²) >= 11 is 0.857. The molecule has 0 bridgehead atoms. The van der Waals surface area contributed by atoms with Crippen LogP contribution in [-0.2, 0) is 19.4 Å². The van der Waals surface area contributed by atoms with E-state index in [0.29, 0.717) is 24.6 Å². The zero-order valence-electron chi connectivity index (χ0n) is 19.7. The Hall–Kier alpha value is -3.58. The summed E-state index contributed by atoms with van der Waals surface area (Å²) < 4.78 is 68.1. The Bertz CT molecular complexity index is 1420. The van der Waals surface area contributed by atoms with E-state index in [-0.39, 0.29) is 27.3 Å². The maximum atomic E-state index is 14.3. The van der Waals surface area contributed by atoms with Crippen molar-refractivity contribution in [3.05, 3.63) is 65.4 Å². The van der Waals surface area contributed by atoms with Crippen molar-refractivity contribution in [2.45, 2.75) is 42.9 Å². The van der Waals surface area contributed by atoms with E-state index < -0.39 is 50.6 Å². The van der Waals surface area contributed by atoms with Gasteiger partial charge in [0, 0.05) is 11.6 Å². The summed E-state index contributed by atoms with van der Waals surface area (Å²) in [6.45, 7) is 3.28. The molecule has 4 rings (SSSR count). The van der Waals surface area contributed by atoms with Crippen LogP contribution in [0.3, 0.4) is 0 Å². The van der Waals surface area contributed by atoms with Gasteiger partial charge >= 0.3 is 6.16 Å². The third-order valence-corrected chi connectivity index (χ3v) is 8.50. The molecular weight excluding hydrogens is 530 g/mol. The van der Waals surface area contributed by atoms with Crippen LogP contribution in [0.25, 0.3) is 0 Å². The van der Waals surface area contributed by atoms with Crippen LogP contribution in [0.5, 0.6) is 10.8 Å². The number of hydrogen-bond acceptors (Lipinski definition) is 9. The lowest BCUT2D eigenvalue weighted by Gasteiger charge is -2.19. The summed E-state index contributed by atoms with van der Waals surface area (Å²) in [6, 6.07) is 8.11. The predicted octanol–water partition coefficient (Wildman–Crippen LogP) is 4.96. The Morgan fingerprint density at radius 1 is 1.16 bits per heavy atom. The minimum atomic E-state index is -3.47. The van der Waals surface area contributed by atoms with Crippen LogP contribution < -0.4 is 14.8 Å². The van der Waals surface area contributed by atoms with E-state index in [0.717, 1.165) is 23.5 Å². The number of hydrogen-bond donors (Lipinski definition) is 1. The van der Waals surface area contributed by atoms with E-state index in [4.69, 9.17) is 14.2 Å². The molecule has 0 aliphatic heterocycles. The van der Waals surface area contributed by atoms with E-state index in [1.165, 1.54) is 24.3 Å². The first kappa shape index (κ1) is 26.5. The molecular formula is C24H22F2N2O7S2. The highest BCUT2D eigenvalue weighted by molar-refractivity contribution is 7.92.